The van der Waals surface area contributed by atoms with Gasteiger partial charge in [0.2, 0.25) is 5.91 Å². The second kappa shape index (κ2) is 7.43. The van der Waals surface area contributed by atoms with Gasteiger partial charge in [-0.15, -0.1) is 11.6 Å². The minimum Gasteiger partial charge on any atom is -0.340 e. The van der Waals surface area contributed by atoms with E-state index in [0.29, 0.717) is 18.8 Å². The SMILES string of the molecule is CC(C)N(CCCCl)C(=O)Cc1cccc(F)c1F. The lowest BCUT2D eigenvalue weighted by Crippen LogP contribution is -2.39. The van der Waals surface area contributed by atoms with Gasteiger partial charge in [0.1, 0.15) is 0 Å². The molecule has 0 saturated heterocycles. The number of nitrogens with zero attached hydrogens (tertiary/aromatic N) is 1. The van der Waals surface area contributed by atoms with Crippen LogP contribution in [0.3, 0.4) is 0 Å². The summed E-state index contributed by atoms with van der Waals surface area (Å²) in [6.45, 7) is 4.29. The summed E-state index contributed by atoms with van der Waals surface area (Å²) in [6, 6.07) is 3.87. The van der Waals surface area contributed by atoms with Crippen LogP contribution in [0.2, 0.25) is 0 Å². The van der Waals surface area contributed by atoms with E-state index in [1.54, 1.807) is 4.90 Å². The monoisotopic (exact) mass is 289 g/mol. The molecule has 2 nitrogen and oxygen atoms in total. The van der Waals surface area contributed by atoms with E-state index in [4.69, 9.17) is 11.6 Å². The van der Waals surface area contributed by atoms with Crippen molar-refractivity contribution in [3.05, 3.63) is 35.4 Å². The molecule has 0 aliphatic heterocycles. The molecule has 0 spiro atoms. The smallest absolute Gasteiger partial charge is 0.227 e. The van der Waals surface area contributed by atoms with Crippen LogP contribution < -0.4 is 0 Å². The Bertz CT molecular complexity index is 437. The Morgan fingerprint density at radius 1 is 1.37 bits per heavy atom. The number of alkyl halides is 1. The van der Waals surface area contributed by atoms with Crippen LogP contribution in [-0.2, 0) is 11.2 Å². The molecule has 0 aliphatic carbocycles. The Labute approximate surface area is 117 Å². The number of hydrogen-bond acceptors (Lipinski definition) is 1. The molecule has 1 aromatic rings. The maximum Gasteiger partial charge on any atom is 0.227 e. The molecule has 106 valence electrons. The predicted octanol–water partition coefficient (Wildman–Crippen LogP) is 3.37. The van der Waals surface area contributed by atoms with E-state index in [1.807, 2.05) is 13.8 Å². The van der Waals surface area contributed by atoms with Crippen molar-refractivity contribution in [1.82, 2.24) is 4.90 Å². The number of carbonyl (C=O) groups excluding carboxylic acids is 1. The predicted molar refractivity (Wildman–Crippen MR) is 72.2 cm³/mol. The lowest BCUT2D eigenvalue weighted by Gasteiger charge is -2.26. The second-order valence-electron chi connectivity index (χ2n) is 4.61. The normalized spacial score (nSPS) is 10.8. The van der Waals surface area contributed by atoms with Crippen molar-refractivity contribution in [1.29, 1.82) is 0 Å². The molecule has 0 aliphatic rings. The molecule has 0 unspecified atom stereocenters. The molecule has 0 aromatic heterocycles. The van der Waals surface area contributed by atoms with Gasteiger partial charge in [0, 0.05) is 24.0 Å². The summed E-state index contributed by atoms with van der Waals surface area (Å²) >= 11 is 5.61. The van der Waals surface area contributed by atoms with Crippen LogP contribution >= 0.6 is 11.6 Å². The maximum absolute atomic E-state index is 13.5. The first-order chi connectivity index (χ1) is 8.97. The van der Waals surface area contributed by atoms with E-state index in [9.17, 15) is 13.6 Å². The zero-order valence-electron chi connectivity index (χ0n) is 11.1. The molecular formula is C14H18ClF2NO. The van der Waals surface area contributed by atoms with Crippen LogP contribution in [0.15, 0.2) is 18.2 Å². The van der Waals surface area contributed by atoms with Gasteiger partial charge in [-0.05, 0) is 26.3 Å². The van der Waals surface area contributed by atoms with Crippen molar-refractivity contribution >= 4 is 17.5 Å². The number of hydrogen-bond donors (Lipinski definition) is 0. The van der Waals surface area contributed by atoms with Gasteiger partial charge >= 0.3 is 0 Å². The third kappa shape index (κ3) is 4.46. The van der Waals surface area contributed by atoms with Crippen molar-refractivity contribution in [3.63, 3.8) is 0 Å². The molecule has 0 heterocycles. The van der Waals surface area contributed by atoms with Gasteiger partial charge in [-0.3, -0.25) is 4.79 Å². The van der Waals surface area contributed by atoms with E-state index >= 15 is 0 Å². The zero-order valence-corrected chi connectivity index (χ0v) is 11.9. The summed E-state index contributed by atoms with van der Waals surface area (Å²) in [4.78, 5) is 13.7. The van der Waals surface area contributed by atoms with Crippen LogP contribution in [0.4, 0.5) is 8.78 Å². The number of amides is 1. The first-order valence-electron chi connectivity index (χ1n) is 6.25. The topological polar surface area (TPSA) is 20.3 Å². The molecule has 0 saturated carbocycles. The summed E-state index contributed by atoms with van der Waals surface area (Å²) in [7, 11) is 0. The Hall–Kier alpha value is -1.16. The first kappa shape index (κ1) is 15.9. The molecule has 1 amide bonds. The van der Waals surface area contributed by atoms with Crippen LogP contribution in [0.1, 0.15) is 25.8 Å². The molecule has 0 fully saturated rings. The van der Waals surface area contributed by atoms with Gasteiger partial charge in [-0.1, -0.05) is 12.1 Å². The lowest BCUT2D eigenvalue weighted by atomic mass is 10.1. The third-order valence-corrected chi connectivity index (χ3v) is 3.12. The molecule has 0 radical (unpaired) electrons. The van der Waals surface area contributed by atoms with Gasteiger partial charge in [0.05, 0.1) is 6.42 Å². The van der Waals surface area contributed by atoms with Crippen molar-refractivity contribution in [2.45, 2.75) is 32.7 Å². The minimum absolute atomic E-state index is 0.00679. The highest BCUT2D eigenvalue weighted by Gasteiger charge is 2.19. The fourth-order valence-electron chi connectivity index (χ4n) is 1.85. The van der Waals surface area contributed by atoms with Crippen molar-refractivity contribution in [2.24, 2.45) is 0 Å². The van der Waals surface area contributed by atoms with Gasteiger partial charge < -0.3 is 4.90 Å². The molecule has 1 aromatic carbocycles. The van der Waals surface area contributed by atoms with E-state index in [-0.39, 0.29) is 23.9 Å². The average molecular weight is 290 g/mol. The molecule has 19 heavy (non-hydrogen) atoms. The largest absolute Gasteiger partial charge is 0.340 e. The van der Waals surface area contributed by atoms with Crippen LogP contribution in [0, 0.1) is 11.6 Å². The quantitative estimate of drug-likeness (QED) is 0.735. The number of halogens is 3. The Morgan fingerprint density at radius 3 is 2.63 bits per heavy atom. The molecule has 0 atom stereocenters. The zero-order chi connectivity index (χ0) is 14.4. The summed E-state index contributed by atoms with van der Waals surface area (Å²) < 4.78 is 26.6. The van der Waals surface area contributed by atoms with E-state index in [1.165, 1.54) is 12.1 Å². The highest BCUT2D eigenvalue weighted by molar-refractivity contribution is 6.17. The number of benzene rings is 1. The van der Waals surface area contributed by atoms with E-state index in [0.717, 1.165) is 6.07 Å². The number of rotatable bonds is 6. The standard InChI is InChI=1S/C14H18ClF2NO/c1-10(2)18(8-4-7-15)13(19)9-11-5-3-6-12(16)14(11)17/h3,5-6,10H,4,7-9H2,1-2H3. The van der Waals surface area contributed by atoms with Crippen molar-refractivity contribution in [3.8, 4) is 0 Å². The summed E-state index contributed by atoms with van der Waals surface area (Å²) in [5, 5.41) is 0. The molecule has 1 rings (SSSR count). The van der Waals surface area contributed by atoms with Gasteiger partial charge in [-0.25, -0.2) is 8.78 Å². The average Bonchev–Trinajstić information content (AvgIpc) is 2.35. The fraction of sp³-hybridized carbons (Fsp3) is 0.500. The highest BCUT2D eigenvalue weighted by Crippen LogP contribution is 2.14. The molecular weight excluding hydrogens is 272 g/mol. The first-order valence-corrected chi connectivity index (χ1v) is 6.79. The van der Waals surface area contributed by atoms with Gasteiger partial charge in [0.15, 0.2) is 11.6 Å². The van der Waals surface area contributed by atoms with Gasteiger partial charge in [-0.2, -0.15) is 0 Å². The van der Waals surface area contributed by atoms with Gasteiger partial charge in [0.25, 0.3) is 0 Å². The Kier molecular flexibility index (Phi) is 6.22. The van der Waals surface area contributed by atoms with Crippen LogP contribution in [-0.4, -0.2) is 29.3 Å². The van der Waals surface area contributed by atoms with Crippen molar-refractivity contribution < 1.29 is 13.6 Å². The summed E-state index contributed by atoms with van der Waals surface area (Å²) in [6.07, 6.45) is 0.543. The summed E-state index contributed by atoms with van der Waals surface area (Å²) in [5.41, 5.74) is 0.0847. The van der Waals surface area contributed by atoms with Crippen LogP contribution in [0.25, 0.3) is 0 Å². The Balaban J connectivity index is 2.78. The Morgan fingerprint density at radius 2 is 2.05 bits per heavy atom. The van der Waals surface area contributed by atoms with E-state index < -0.39 is 11.6 Å². The minimum atomic E-state index is -0.947. The fourth-order valence-corrected chi connectivity index (χ4v) is 1.97. The number of carbonyl (C=O) groups is 1. The highest BCUT2D eigenvalue weighted by atomic mass is 35.5. The second-order valence-corrected chi connectivity index (χ2v) is 4.99. The molecule has 0 bridgehead atoms. The van der Waals surface area contributed by atoms with Crippen molar-refractivity contribution in [2.75, 3.05) is 12.4 Å². The third-order valence-electron chi connectivity index (χ3n) is 2.85. The maximum atomic E-state index is 13.5. The van der Waals surface area contributed by atoms with E-state index in [2.05, 4.69) is 0 Å². The summed E-state index contributed by atoms with van der Waals surface area (Å²) in [5.74, 6) is -1.63. The lowest BCUT2D eigenvalue weighted by molar-refractivity contribution is -0.132. The molecule has 0 N–H and O–H groups in total. The molecule has 5 heteroatoms. The van der Waals surface area contributed by atoms with Crippen LogP contribution in [0.5, 0.6) is 0 Å².